The summed E-state index contributed by atoms with van der Waals surface area (Å²) in [7, 11) is 1.33. The first-order valence-electron chi connectivity index (χ1n) is 5.28. The summed E-state index contributed by atoms with van der Waals surface area (Å²) in [6.07, 6.45) is 1.12. The van der Waals surface area contributed by atoms with E-state index < -0.39 is 6.04 Å². The van der Waals surface area contributed by atoms with Crippen LogP contribution in [-0.4, -0.2) is 48.9 Å². The van der Waals surface area contributed by atoms with E-state index in [1.165, 1.54) is 12.0 Å². The summed E-state index contributed by atoms with van der Waals surface area (Å²) in [6.45, 7) is 0.326. The van der Waals surface area contributed by atoms with Crippen molar-refractivity contribution in [3.8, 4) is 0 Å². The number of esters is 1. The number of hydrogen-bond donors (Lipinski definition) is 1. The Labute approximate surface area is 92.9 Å². The van der Waals surface area contributed by atoms with Crippen LogP contribution in [0.5, 0.6) is 0 Å². The Bertz CT molecular complexity index is 342. The number of methoxy groups -OCH3 is 1. The zero-order chi connectivity index (χ0) is 11.7. The van der Waals surface area contributed by atoms with Crippen LogP contribution in [0, 0.1) is 5.92 Å². The standard InChI is InChI=1S/C10H14N2O4/c1-16-10(15)6-2-3-7-9(14)11-4-8(13)12(7)5-6/h6-7H,2-5H2,1H3,(H,11,14). The molecule has 2 saturated heterocycles. The molecule has 2 rings (SSSR count). The van der Waals surface area contributed by atoms with Gasteiger partial charge in [-0.15, -0.1) is 0 Å². The van der Waals surface area contributed by atoms with E-state index in [-0.39, 0.29) is 30.2 Å². The monoisotopic (exact) mass is 226 g/mol. The maximum absolute atomic E-state index is 11.6. The number of piperidine rings is 1. The van der Waals surface area contributed by atoms with Gasteiger partial charge in [0.25, 0.3) is 0 Å². The minimum Gasteiger partial charge on any atom is -0.469 e. The number of hydrogen-bond acceptors (Lipinski definition) is 4. The Morgan fingerprint density at radius 3 is 2.88 bits per heavy atom. The van der Waals surface area contributed by atoms with E-state index in [2.05, 4.69) is 10.1 Å². The van der Waals surface area contributed by atoms with Crippen LogP contribution in [0.15, 0.2) is 0 Å². The molecule has 2 fully saturated rings. The highest BCUT2D eigenvalue weighted by Gasteiger charge is 2.41. The Hall–Kier alpha value is -1.59. The summed E-state index contributed by atoms with van der Waals surface area (Å²) < 4.78 is 4.65. The predicted octanol–water partition coefficient (Wildman–Crippen LogP) is -1.10. The molecule has 0 spiro atoms. The van der Waals surface area contributed by atoms with Gasteiger partial charge in [-0.3, -0.25) is 14.4 Å². The number of ether oxygens (including phenoxy) is 1. The van der Waals surface area contributed by atoms with E-state index in [1.807, 2.05) is 0 Å². The number of piperazine rings is 1. The fourth-order valence-corrected chi connectivity index (χ4v) is 2.26. The highest BCUT2D eigenvalue weighted by Crippen LogP contribution is 2.24. The fourth-order valence-electron chi connectivity index (χ4n) is 2.26. The minimum atomic E-state index is -0.401. The van der Waals surface area contributed by atoms with Crippen LogP contribution in [0.2, 0.25) is 0 Å². The molecule has 2 aliphatic rings. The third-order valence-corrected chi connectivity index (χ3v) is 3.15. The van der Waals surface area contributed by atoms with Crippen LogP contribution in [0.25, 0.3) is 0 Å². The lowest BCUT2D eigenvalue weighted by molar-refractivity contribution is -0.156. The van der Waals surface area contributed by atoms with Crippen molar-refractivity contribution < 1.29 is 19.1 Å². The molecule has 16 heavy (non-hydrogen) atoms. The van der Waals surface area contributed by atoms with Crippen LogP contribution in [0.3, 0.4) is 0 Å². The van der Waals surface area contributed by atoms with E-state index in [0.717, 1.165) is 0 Å². The molecule has 0 aromatic carbocycles. The van der Waals surface area contributed by atoms with Gasteiger partial charge in [0.05, 0.1) is 19.6 Å². The van der Waals surface area contributed by atoms with Crippen molar-refractivity contribution in [2.45, 2.75) is 18.9 Å². The molecule has 6 heteroatoms. The van der Waals surface area contributed by atoms with Gasteiger partial charge >= 0.3 is 5.97 Å². The van der Waals surface area contributed by atoms with Crippen LogP contribution in [0.4, 0.5) is 0 Å². The first-order valence-corrected chi connectivity index (χ1v) is 5.28. The average Bonchev–Trinajstić information content (AvgIpc) is 2.32. The van der Waals surface area contributed by atoms with Gasteiger partial charge in [0, 0.05) is 6.54 Å². The van der Waals surface area contributed by atoms with Crippen molar-refractivity contribution in [3.63, 3.8) is 0 Å². The predicted molar refractivity (Wildman–Crippen MR) is 53.3 cm³/mol. The maximum atomic E-state index is 11.6. The van der Waals surface area contributed by atoms with E-state index in [4.69, 9.17) is 0 Å². The SMILES string of the molecule is COC(=O)C1CCC2C(=O)NCC(=O)N2C1. The van der Waals surface area contributed by atoms with Gasteiger partial charge in [0.2, 0.25) is 11.8 Å². The summed E-state index contributed by atoms with van der Waals surface area (Å²) in [4.78, 5) is 35.9. The van der Waals surface area contributed by atoms with Crippen LogP contribution >= 0.6 is 0 Å². The van der Waals surface area contributed by atoms with Crippen molar-refractivity contribution in [2.24, 2.45) is 5.92 Å². The summed E-state index contributed by atoms with van der Waals surface area (Å²) in [5.41, 5.74) is 0. The lowest BCUT2D eigenvalue weighted by atomic mass is 9.91. The van der Waals surface area contributed by atoms with Crippen molar-refractivity contribution in [1.82, 2.24) is 10.2 Å². The second-order valence-corrected chi connectivity index (χ2v) is 4.08. The zero-order valence-corrected chi connectivity index (χ0v) is 9.06. The average molecular weight is 226 g/mol. The summed E-state index contributed by atoms with van der Waals surface area (Å²) in [6, 6.07) is -0.401. The fraction of sp³-hybridized carbons (Fsp3) is 0.700. The van der Waals surface area contributed by atoms with Gasteiger partial charge in [-0.05, 0) is 12.8 Å². The van der Waals surface area contributed by atoms with Gasteiger partial charge < -0.3 is 15.0 Å². The van der Waals surface area contributed by atoms with Crippen LogP contribution < -0.4 is 5.32 Å². The number of nitrogens with zero attached hydrogens (tertiary/aromatic N) is 1. The molecule has 2 aliphatic heterocycles. The zero-order valence-electron chi connectivity index (χ0n) is 9.06. The third kappa shape index (κ3) is 1.75. The first-order chi connectivity index (χ1) is 7.63. The highest BCUT2D eigenvalue weighted by atomic mass is 16.5. The molecule has 0 aliphatic carbocycles. The van der Waals surface area contributed by atoms with Gasteiger partial charge in [-0.2, -0.15) is 0 Å². The Kier molecular flexibility index (Phi) is 2.80. The van der Waals surface area contributed by atoms with Crippen LogP contribution in [0.1, 0.15) is 12.8 Å². The number of carbonyl (C=O) groups is 3. The smallest absolute Gasteiger partial charge is 0.310 e. The van der Waals surface area contributed by atoms with Crippen LogP contribution in [-0.2, 0) is 19.1 Å². The largest absolute Gasteiger partial charge is 0.469 e. The lowest BCUT2D eigenvalue weighted by Crippen LogP contribution is -2.61. The van der Waals surface area contributed by atoms with E-state index in [0.29, 0.717) is 19.4 Å². The molecule has 2 unspecified atom stereocenters. The Morgan fingerprint density at radius 1 is 1.44 bits per heavy atom. The molecular formula is C10H14N2O4. The summed E-state index contributed by atoms with van der Waals surface area (Å²) in [5, 5.41) is 2.54. The molecule has 2 amide bonds. The molecule has 0 aromatic heterocycles. The molecule has 6 nitrogen and oxygen atoms in total. The van der Waals surface area contributed by atoms with E-state index in [9.17, 15) is 14.4 Å². The lowest BCUT2D eigenvalue weighted by Gasteiger charge is -2.40. The van der Waals surface area contributed by atoms with Gasteiger partial charge in [0.15, 0.2) is 0 Å². The Balaban J connectivity index is 2.09. The quantitative estimate of drug-likeness (QED) is 0.576. The van der Waals surface area contributed by atoms with Gasteiger partial charge in [0.1, 0.15) is 6.04 Å². The normalized spacial score (nSPS) is 29.4. The second-order valence-electron chi connectivity index (χ2n) is 4.08. The van der Waals surface area contributed by atoms with Crippen molar-refractivity contribution >= 4 is 17.8 Å². The Morgan fingerprint density at radius 2 is 2.19 bits per heavy atom. The number of carbonyl (C=O) groups excluding carboxylic acids is 3. The molecule has 0 bridgehead atoms. The molecule has 0 saturated carbocycles. The molecule has 2 heterocycles. The number of amides is 2. The number of nitrogens with one attached hydrogen (secondary N) is 1. The minimum absolute atomic E-state index is 0.0310. The number of fused-ring (bicyclic) bond motifs is 1. The van der Waals surface area contributed by atoms with E-state index in [1.54, 1.807) is 0 Å². The molecular weight excluding hydrogens is 212 g/mol. The number of rotatable bonds is 1. The summed E-state index contributed by atoms with van der Waals surface area (Å²) in [5.74, 6) is -0.852. The molecule has 0 radical (unpaired) electrons. The van der Waals surface area contributed by atoms with Crippen molar-refractivity contribution in [2.75, 3.05) is 20.2 Å². The first kappa shape index (κ1) is 10.9. The molecule has 0 aromatic rings. The summed E-state index contributed by atoms with van der Waals surface area (Å²) >= 11 is 0. The van der Waals surface area contributed by atoms with Gasteiger partial charge in [-0.25, -0.2) is 0 Å². The van der Waals surface area contributed by atoms with Gasteiger partial charge in [-0.1, -0.05) is 0 Å². The van der Waals surface area contributed by atoms with Crippen molar-refractivity contribution in [3.05, 3.63) is 0 Å². The third-order valence-electron chi connectivity index (χ3n) is 3.15. The van der Waals surface area contributed by atoms with Crippen molar-refractivity contribution in [1.29, 1.82) is 0 Å². The van der Waals surface area contributed by atoms with E-state index >= 15 is 0 Å². The molecule has 1 N–H and O–H groups in total. The maximum Gasteiger partial charge on any atom is 0.310 e. The molecule has 2 atom stereocenters. The topological polar surface area (TPSA) is 75.7 Å². The highest BCUT2D eigenvalue weighted by molar-refractivity contribution is 5.95. The molecule has 88 valence electrons. The second kappa shape index (κ2) is 4.11.